The fraction of sp³-hybridized carbons (Fsp3) is 0.154. The number of benzene rings is 3. The highest BCUT2D eigenvalue weighted by atomic mass is 79.9. The van der Waals surface area contributed by atoms with Crippen LogP contribution in [-0.4, -0.2) is 20.9 Å². The molecule has 0 fully saturated rings. The molecule has 0 atom stereocenters. The number of halogens is 1. The average Bonchev–Trinajstić information content (AvgIpc) is 2.81. The van der Waals surface area contributed by atoms with Crippen LogP contribution in [0.15, 0.2) is 75.6 Å². The van der Waals surface area contributed by atoms with Crippen molar-refractivity contribution in [2.45, 2.75) is 25.7 Å². The van der Waals surface area contributed by atoms with Gasteiger partial charge < -0.3 is 14.2 Å². The normalized spacial score (nSPS) is 11.5. The topological polar surface area (TPSA) is 105 Å². The number of ether oxygens (including phenoxy) is 1. The van der Waals surface area contributed by atoms with E-state index in [9.17, 15) is 18.5 Å². The first-order chi connectivity index (χ1) is 16.6. The third kappa shape index (κ3) is 6.72. The summed E-state index contributed by atoms with van der Waals surface area (Å²) in [6.45, 7) is 5.76. The van der Waals surface area contributed by atoms with E-state index in [1.807, 2.05) is 32.0 Å². The van der Waals surface area contributed by atoms with Crippen molar-refractivity contribution in [1.82, 2.24) is 0 Å². The second-order valence-electron chi connectivity index (χ2n) is 7.60. The summed E-state index contributed by atoms with van der Waals surface area (Å²) in [7, 11) is -4.13. The zero-order valence-electron chi connectivity index (χ0n) is 19.3. The van der Waals surface area contributed by atoms with Crippen LogP contribution in [0.4, 0.5) is 5.69 Å². The number of carbonyl (C=O) groups is 1. The number of anilines is 1. The summed E-state index contributed by atoms with van der Waals surface area (Å²) in [5.41, 5.74) is 2.81. The minimum atomic E-state index is -4.13. The molecule has 9 heteroatoms. The molecule has 0 radical (unpaired) electrons. The van der Waals surface area contributed by atoms with Gasteiger partial charge in [-0.05, 0) is 84.7 Å². The van der Waals surface area contributed by atoms with E-state index < -0.39 is 16.0 Å². The van der Waals surface area contributed by atoms with Crippen LogP contribution in [0.5, 0.6) is 11.5 Å². The smallest absolute Gasteiger partial charge is 0.339 e. The van der Waals surface area contributed by atoms with Gasteiger partial charge in [0.25, 0.3) is 5.91 Å². The predicted molar refractivity (Wildman–Crippen MR) is 138 cm³/mol. The number of hydrogen-bond donors (Lipinski definition) is 1. The lowest BCUT2D eigenvalue weighted by Crippen LogP contribution is -2.13. The lowest BCUT2D eigenvalue weighted by molar-refractivity contribution is -0.112. The van der Waals surface area contributed by atoms with Crippen molar-refractivity contribution in [2.24, 2.45) is 0 Å². The third-order valence-electron chi connectivity index (χ3n) is 4.82. The minimum Gasteiger partial charge on any atom is -0.490 e. The molecule has 0 aromatic heterocycles. The first kappa shape index (κ1) is 26.0. The van der Waals surface area contributed by atoms with Crippen LogP contribution in [0.1, 0.15) is 23.6 Å². The summed E-state index contributed by atoms with van der Waals surface area (Å²) in [6.07, 6.45) is 1.38. The van der Waals surface area contributed by atoms with E-state index in [-0.39, 0.29) is 33.0 Å². The molecular formula is C26H23BrN2O5S. The first-order valence-electron chi connectivity index (χ1n) is 10.6. The molecule has 1 amide bonds. The van der Waals surface area contributed by atoms with E-state index >= 15 is 0 Å². The van der Waals surface area contributed by atoms with Crippen LogP contribution < -0.4 is 14.2 Å². The number of rotatable bonds is 8. The summed E-state index contributed by atoms with van der Waals surface area (Å²) in [5.74, 6) is -0.472. The van der Waals surface area contributed by atoms with Crippen molar-refractivity contribution in [3.8, 4) is 17.6 Å². The van der Waals surface area contributed by atoms with Gasteiger partial charge in [0.2, 0.25) is 0 Å². The van der Waals surface area contributed by atoms with Crippen LogP contribution in [-0.2, 0) is 14.9 Å². The van der Waals surface area contributed by atoms with E-state index in [2.05, 4.69) is 21.2 Å². The Morgan fingerprint density at radius 1 is 1.06 bits per heavy atom. The zero-order chi connectivity index (χ0) is 25.6. The molecule has 3 aromatic carbocycles. The highest BCUT2D eigenvalue weighted by Crippen LogP contribution is 2.39. The Morgan fingerprint density at radius 3 is 2.23 bits per heavy atom. The molecule has 0 saturated heterocycles. The van der Waals surface area contributed by atoms with Gasteiger partial charge in [0.05, 0.1) is 11.1 Å². The standard InChI is InChI=1S/C26H23BrN2O5S/c1-4-33-24-15-19(13-20(16-28)26(30)29-21-9-5-17(2)6-10-21)14-23(27)25(24)34-35(31,32)22-11-7-18(3)8-12-22/h5-15H,4H2,1-3H3,(H,29,30)/b20-13-. The average molecular weight is 555 g/mol. The summed E-state index contributed by atoms with van der Waals surface area (Å²) in [4.78, 5) is 12.6. The molecule has 0 aliphatic rings. The number of nitrogens with zero attached hydrogens (tertiary/aromatic N) is 1. The van der Waals surface area contributed by atoms with Crippen LogP contribution in [0.25, 0.3) is 6.08 Å². The molecule has 35 heavy (non-hydrogen) atoms. The molecule has 3 rings (SSSR count). The molecule has 0 heterocycles. The Hall–Kier alpha value is -3.61. The minimum absolute atomic E-state index is 0.000893. The zero-order valence-corrected chi connectivity index (χ0v) is 21.7. The van der Waals surface area contributed by atoms with E-state index in [0.29, 0.717) is 11.3 Å². The van der Waals surface area contributed by atoms with Gasteiger partial charge in [-0.3, -0.25) is 4.79 Å². The summed E-state index contributed by atoms with van der Waals surface area (Å²) >= 11 is 3.33. The molecule has 1 N–H and O–H groups in total. The maximum atomic E-state index is 12.8. The number of amides is 1. The van der Waals surface area contributed by atoms with Crippen molar-refractivity contribution < 1.29 is 22.1 Å². The molecule has 3 aromatic rings. The van der Waals surface area contributed by atoms with Crippen molar-refractivity contribution in [2.75, 3.05) is 11.9 Å². The molecule has 0 bridgehead atoms. The maximum absolute atomic E-state index is 12.8. The Morgan fingerprint density at radius 2 is 1.66 bits per heavy atom. The van der Waals surface area contributed by atoms with Gasteiger partial charge in [-0.1, -0.05) is 35.4 Å². The second-order valence-corrected chi connectivity index (χ2v) is 10.0. The van der Waals surface area contributed by atoms with Crippen LogP contribution in [0.3, 0.4) is 0 Å². The van der Waals surface area contributed by atoms with Crippen molar-refractivity contribution in [1.29, 1.82) is 5.26 Å². The molecule has 0 aliphatic carbocycles. The number of hydrogen-bond acceptors (Lipinski definition) is 6. The van der Waals surface area contributed by atoms with Crippen molar-refractivity contribution in [3.63, 3.8) is 0 Å². The molecule has 0 aliphatic heterocycles. The third-order valence-corrected chi connectivity index (χ3v) is 6.64. The van der Waals surface area contributed by atoms with Gasteiger partial charge in [-0.2, -0.15) is 13.7 Å². The first-order valence-corrected chi connectivity index (χ1v) is 12.8. The van der Waals surface area contributed by atoms with E-state index in [1.54, 1.807) is 37.3 Å². The maximum Gasteiger partial charge on any atom is 0.339 e. The molecule has 0 spiro atoms. The van der Waals surface area contributed by atoms with Crippen LogP contribution in [0, 0.1) is 25.2 Å². The van der Waals surface area contributed by atoms with Crippen molar-refractivity contribution in [3.05, 3.63) is 87.4 Å². The lowest BCUT2D eigenvalue weighted by Gasteiger charge is -2.15. The summed E-state index contributed by atoms with van der Waals surface area (Å²) < 4.78 is 36.9. The number of nitrogens with one attached hydrogen (secondary N) is 1. The Bertz CT molecular complexity index is 1410. The Kier molecular flexibility index (Phi) is 8.33. The SMILES string of the molecule is CCOc1cc(/C=C(/C#N)C(=O)Nc2ccc(C)cc2)cc(Br)c1OS(=O)(=O)c1ccc(C)cc1. The van der Waals surface area contributed by atoms with Gasteiger partial charge in [0.15, 0.2) is 11.5 Å². The van der Waals surface area contributed by atoms with Crippen LogP contribution >= 0.6 is 15.9 Å². The van der Waals surface area contributed by atoms with Gasteiger partial charge in [-0.15, -0.1) is 0 Å². The molecule has 0 saturated carbocycles. The number of nitriles is 1. The summed E-state index contributed by atoms with van der Waals surface area (Å²) in [5, 5.41) is 12.2. The largest absolute Gasteiger partial charge is 0.490 e. The predicted octanol–water partition coefficient (Wildman–Crippen LogP) is 5.78. The van der Waals surface area contributed by atoms with Gasteiger partial charge in [0, 0.05) is 5.69 Å². The van der Waals surface area contributed by atoms with Crippen LogP contribution in [0.2, 0.25) is 0 Å². The fourth-order valence-corrected chi connectivity index (χ4v) is 4.63. The molecular weight excluding hydrogens is 532 g/mol. The van der Waals surface area contributed by atoms with Gasteiger partial charge >= 0.3 is 10.1 Å². The number of aryl methyl sites for hydroxylation is 2. The molecule has 7 nitrogen and oxygen atoms in total. The van der Waals surface area contributed by atoms with E-state index in [4.69, 9.17) is 8.92 Å². The lowest BCUT2D eigenvalue weighted by atomic mass is 10.1. The number of carbonyl (C=O) groups excluding carboxylic acids is 1. The highest BCUT2D eigenvalue weighted by Gasteiger charge is 2.22. The second kappa shape index (κ2) is 11.2. The Balaban J connectivity index is 1.93. The van der Waals surface area contributed by atoms with Crippen molar-refractivity contribution >= 4 is 43.7 Å². The monoisotopic (exact) mass is 554 g/mol. The quantitative estimate of drug-likeness (QED) is 0.215. The van der Waals surface area contributed by atoms with E-state index in [1.165, 1.54) is 24.3 Å². The van der Waals surface area contributed by atoms with Gasteiger partial charge in [0.1, 0.15) is 16.5 Å². The molecule has 0 unspecified atom stereocenters. The highest BCUT2D eigenvalue weighted by molar-refractivity contribution is 9.10. The fourth-order valence-electron chi connectivity index (χ4n) is 3.03. The summed E-state index contributed by atoms with van der Waals surface area (Å²) in [6, 6.07) is 18.4. The van der Waals surface area contributed by atoms with E-state index in [0.717, 1.165) is 11.1 Å². The van der Waals surface area contributed by atoms with Gasteiger partial charge in [-0.25, -0.2) is 0 Å². The molecule has 180 valence electrons. The Labute approximate surface area is 213 Å².